The number of benzene rings is 1. The summed E-state index contributed by atoms with van der Waals surface area (Å²) in [6.45, 7) is 6.00. The van der Waals surface area contributed by atoms with Gasteiger partial charge in [0.15, 0.2) is 17.1 Å². The van der Waals surface area contributed by atoms with Crippen LogP contribution in [0.2, 0.25) is 0 Å². The van der Waals surface area contributed by atoms with Gasteiger partial charge >= 0.3 is 6.09 Å². The van der Waals surface area contributed by atoms with Gasteiger partial charge < -0.3 is 23.8 Å². The second-order valence-corrected chi connectivity index (χ2v) is 5.82. The van der Waals surface area contributed by atoms with E-state index in [1.165, 1.54) is 0 Å². The van der Waals surface area contributed by atoms with E-state index in [2.05, 4.69) is 0 Å². The summed E-state index contributed by atoms with van der Waals surface area (Å²) in [6, 6.07) is 7.48. The first-order valence-corrected chi connectivity index (χ1v) is 8.63. The zero-order valence-corrected chi connectivity index (χ0v) is 14.8. The first kappa shape index (κ1) is 18.7. The third-order valence-corrected chi connectivity index (χ3v) is 3.92. The molecule has 1 amide bonds. The number of rotatable bonds is 7. The minimum atomic E-state index is -0.604. The first-order chi connectivity index (χ1) is 11.6. The van der Waals surface area contributed by atoms with Crippen LogP contribution in [0.3, 0.4) is 0 Å². The number of morpholine rings is 1. The van der Waals surface area contributed by atoms with E-state index in [-0.39, 0.29) is 6.10 Å². The lowest BCUT2D eigenvalue weighted by Gasteiger charge is -2.32. The number of halogens is 1. The Kier molecular flexibility index (Phi) is 7.46. The van der Waals surface area contributed by atoms with Crippen molar-refractivity contribution in [2.75, 3.05) is 32.9 Å². The predicted octanol–water partition coefficient (Wildman–Crippen LogP) is 3.28. The van der Waals surface area contributed by atoms with Crippen LogP contribution < -0.4 is 9.47 Å². The first-order valence-electron chi connectivity index (χ1n) is 8.19. The van der Waals surface area contributed by atoms with Gasteiger partial charge in [0.2, 0.25) is 0 Å². The number of ether oxygens (including phenoxy) is 4. The summed E-state index contributed by atoms with van der Waals surface area (Å²) < 4.78 is 22.1. The summed E-state index contributed by atoms with van der Waals surface area (Å²) >= 11 is 5.86. The molecule has 6 nitrogen and oxygen atoms in total. The Balaban J connectivity index is 1.86. The molecule has 7 heteroatoms. The molecule has 0 radical (unpaired) electrons. The number of hydrogen-bond donors (Lipinski definition) is 0. The normalized spacial score (nSPS) is 18.8. The highest BCUT2D eigenvalue weighted by atomic mass is 35.5. The van der Waals surface area contributed by atoms with E-state index < -0.39 is 11.7 Å². The van der Waals surface area contributed by atoms with Crippen LogP contribution in [0.1, 0.15) is 20.3 Å². The topological polar surface area (TPSA) is 57.2 Å². The Morgan fingerprint density at radius 2 is 2.04 bits per heavy atom. The molecule has 0 bridgehead atoms. The van der Waals surface area contributed by atoms with Crippen LogP contribution in [-0.4, -0.2) is 55.6 Å². The van der Waals surface area contributed by atoms with Gasteiger partial charge in [-0.1, -0.05) is 30.7 Å². The number of para-hydroxylation sites is 2. The lowest BCUT2D eigenvalue weighted by molar-refractivity contribution is -0.0467. The van der Waals surface area contributed by atoms with Gasteiger partial charge in [0.1, 0.15) is 12.7 Å². The van der Waals surface area contributed by atoms with Gasteiger partial charge in [-0.25, -0.2) is 4.79 Å². The van der Waals surface area contributed by atoms with Crippen LogP contribution in [0, 0.1) is 0 Å². The van der Waals surface area contributed by atoms with Crippen molar-refractivity contribution in [1.29, 1.82) is 0 Å². The second kappa shape index (κ2) is 9.59. The van der Waals surface area contributed by atoms with Crippen molar-refractivity contribution in [3.8, 4) is 11.5 Å². The molecule has 0 saturated carbocycles. The van der Waals surface area contributed by atoms with Crippen molar-refractivity contribution in [2.45, 2.75) is 31.9 Å². The highest BCUT2D eigenvalue weighted by molar-refractivity contribution is 6.20. The zero-order chi connectivity index (χ0) is 17.4. The molecule has 2 rings (SSSR count). The predicted molar refractivity (Wildman–Crippen MR) is 90.8 cm³/mol. The maximum atomic E-state index is 12.0. The summed E-state index contributed by atoms with van der Waals surface area (Å²) in [5.41, 5.74) is -0.604. The van der Waals surface area contributed by atoms with Crippen molar-refractivity contribution < 1.29 is 23.7 Å². The Bertz CT molecular complexity index is 527. The largest absolute Gasteiger partial charge is 0.490 e. The van der Waals surface area contributed by atoms with Crippen LogP contribution >= 0.6 is 11.6 Å². The number of carbonyl (C=O) groups excluding carboxylic acids is 1. The summed E-state index contributed by atoms with van der Waals surface area (Å²) in [7, 11) is 0. The summed E-state index contributed by atoms with van der Waals surface area (Å²) in [4.78, 5) is 13.6. The molecule has 0 spiro atoms. The van der Waals surface area contributed by atoms with Crippen LogP contribution in [-0.2, 0) is 9.47 Å². The van der Waals surface area contributed by atoms with E-state index in [9.17, 15) is 4.79 Å². The maximum Gasteiger partial charge on any atom is 0.411 e. The summed E-state index contributed by atoms with van der Waals surface area (Å²) in [5.74, 6) is 1.36. The molecule has 1 aliphatic heterocycles. The molecule has 1 aromatic rings. The molecule has 1 unspecified atom stereocenters. The fraction of sp³-hybridized carbons (Fsp3) is 0.588. The lowest BCUT2D eigenvalue weighted by Crippen LogP contribution is -2.48. The number of carbonyl (C=O) groups is 1. The summed E-state index contributed by atoms with van der Waals surface area (Å²) in [6.07, 6.45) is -0.0745. The van der Waals surface area contributed by atoms with E-state index >= 15 is 0 Å². The van der Waals surface area contributed by atoms with E-state index in [0.717, 1.165) is 0 Å². The van der Waals surface area contributed by atoms with Crippen molar-refractivity contribution in [3.05, 3.63) is 24.3 Å². The van der Waals surface area contributed by atoms with Gasteiger partial charge in [-0.15, -0.1) is 0 Å². The molecular weight excluding hydrogens is 334 g/mol. The number of nitrogens with zero attached hydrogens (tertiary/aromatic N) is 1. The minimum Gasteiger partial charge on any atom is -0.490 e. The van der Waals surface area contributed by atoms with Crippen molar-refractivity contribution >= 4 is 17.7 Å². The molecule has 134 valence electrons. The number of hydrogen-bond acceptors (Lipinski definition) is 5. The molecule has 1 heterocycles. The van der Waals surface area contributed by atoms with Crippen LogP contribution in [0.5, 0.6) is 11.5 Å². The Labute approximate surface area is 147 Å². The average molecular weight is 358 g/mol. The van der Waals surface area contributed by atoms with Gasteiger partial charge in [0.25, 0.3) is 0 Å². The van der Waals surface area contributed by atoms with Crippen LogP contribution in [0.25, 0.3) is 0 Å². The average Bonchev–Trinajstić information content (AvgIpc) is 2.61. The molecule has 2 atom stereocenters. The molecule has 1 fully saturated rings. The molecule has 0 aliphatic carbocycles. The van der Waals surface area contributed by atoms with Crippen molar-refractivity contribution in [2.24, 2.45) is 0 Å². The fourth-order valence-electron chi connectivity index (χ4n) is 2.28. The third-order valence-electron chi connectivity index (χ3n) is 3.52. The molecule has 1 aliphatic rings. The lowest BCUT2D eigenvalue weighted by atomic mass is 10.3. The smallest absolute Gasteiger partial charge is 0.411 e. The highest BCUT2D eigenvalue weighted by Gasteiger charge is 2.27. The van der Waals surface area contributed by atoms with Crippen molar-refractivity contribution in [1.82, 2.24) is 4.90 Å². The quantitative estimate of drug-likeness (QED) is 0.701. The molecular formula is C17H24ClNO5. The number of amides is 1. The zero-order valence-electron chi connectivity index (χ0n) is 14.1. The molecule has 24 heavy (non-hydrogen) atoms. The van der Waals surface area contributed by atoms with Gasteiger partial charge in [-0.05, 0) is 25.5 Å². The van der Waals surface area contributed by atoms with Gasteiger partial charge in [0, 0.05) is 6.54 Å². The monoisotopic (exact) mass is 357 g/mol. The molecule has 0 N–H and O–H groups in total. The van der Waals surface area contributed by atoms with Crippen molar-refractivity contribution in [3.63, 3.8) is 0 Å². The third kappa shape index (κ3) is 5.46. The number of alkyl halides is 1. The van der Waals surface area contributed by atoms with Gasteiger partial charge in [-0.3, -0.25) is 0 Å². The van der Waals surface area contributed by atoms with Crippen LogP contribution in [0.15, 0.2) is 24.3 Å². The van der Waals surface area contributed by atoms with Gasteiger partial charge in [0.05, 0.1) is 19.8 Å². The SMILES string of the molecule is CCOc1ccccc1OC[C@@H]1CN(C(=O)OC(Cl)CC)CCO1. The maximum absolute atomic E-state index is 12.0. The van der Waals surface area contributed by atoms with E-state index in [1.54, 1.807) is 4.90 Å². The minimum absolute atomic E-state index is 0.226. The van der Waals surface area contributed by atoms with Gasteiger partial charge in [-0.2, -0.15) is 0 Å². The van der Waals surface area contributed by atoms with E-state index in [1.807, 2.05) is 38.1 Å². The molecule has 1 aromatic carbocycles. The Morgan fingerprint density at radius 1 is 1.33 bits per heavy atom. The van der Waals surface area contributed by atoms with Crippen LogP contribution in [0.4, 0.5) is 4.79 Å². The molecule has 0 aromatic heterocycles. The Morgan fingerprint density at radius 3 is 2.71 bits per heavy atom. The van der Waals surface area contributed by atoms with E-state index in [0.29, 0.717) is 50.8 Å². The summed E-state index contributed by atoms with van der Waals surface area (Å²) in [5, 5.41) is 0. The molecule has 1 saturated heterocycles. The second-order valence-electron chi connectivity index (χ2n) is 5.33. The fourth-order valence-corrected chi connectivity index (χ4v) is 2.36. The van der Waals surface area contributed by atoms with E-state index in [4.69, 9.17) is 30.5 Å². The standard InChI is InChI=1S/C17H24ClNO5/c1-3-16(18)24-17(20)19-9-10-22-13(11-19)12-23-15-8-6-5-7-14(15)21-4-2/h5-8,13,16H,3-4,9-12H2,1-2H3/t13-,16?/m0/s1. The Hall–Kier alpha value is -1.66. The highest BCUT2D eigenvalue weighted by Crippen LogP contribution is 2.26.